The molecule has 11 heteroatoms. The Balaban J connectivity index is 1.54. The summed E-state index contributed by atoms with van der Waals surface area (Å²) in [5.41, 5.74) is 5.45. The number of halogens is 3. The molecule has 0 unspecified atom stereocenters. The third-order valence-electron chi connectivity index (χ3n) is 3.48. The number of nitrogens with one attached hydrogen (secondary N) is 3. The van der Waals surface area contributed by atoms with Crippen LogP contribution in [-0.2, 0) is 17.5 Å². The Morgan fingerprint density at radius 1 is 1.11 bits per heavy atom. The fourth-order valence-electron chi connectivity index (χ4n) is 2.27. The van der Waals surface area contributed by atoms with Crippen LogP contribution >= 0.6 is 12.2 Å². The first-order valence-corrected chi connectivity index (χ1v) is 8.05. The molecule has 7 nitrogen and oxygen atoms in total. The summed E-state index contributed by atoms with van der Waals surface area (Å²) in [6.07, 6.45) is -4.46. The standard InChI is InChI=1S/C16H13F3N6OS/c17-16(18,19)10-4-3-5-11(8-10)20-15(27)23-22-14(26)9-25-13-7-2-1-6-12(13)21-24-25/h1-8H,9H2,(H,22,26)(H2,20,23,27). The van der Waals surface area contributed by atoms with Crippen molar-refractivity contribution in [3.63, 3.8) is 0 Å². The van der Waals surface area contributed by atoms with Crippen LogP contribution < -0.4 is 16.2 Å². The second-order valence-electron chi connectivity index (χ2n) is 5.44. The molecule has 1 aromatic heterocycles. The maximum atomic E-state index is 12.7. The van der Waals surface area contributed by atoms with E-state index in [1.54, 1.807) is 24.3 Å². The summed E-state index contributed by atoms with van der Waals surface area (Å²) in [5, 5.41) is 10.3. The first-order chi connectivity index (χ1) is 12.8. The molecule has 0 aliphatic rings. The van der Waals surface area contributed by atoms with Crippen molar-refractivity contribution in [3.05, 3.63) is 54.1 Å². The van der Waals surface area contributed by atoms with Crippen molar-refractivity contribution >= 4 is 40.0 Å². The molecule has 0 atom stereocenters. The van der Waals surface area contributed by atoms with Crippen LogP contribution in [0.3, 0.4) is 0 Å². The van der Waals surface area contributed by atoms with Gasteiger partial charge in [0, 0.05) is 5.69 Å². The maximum Gasteiger partial charge on any atom is 0.416 e. The first kappa shape index (κ1) is 18.6. The maximum absolute atomic E-state index is 12.7. The number of carbonyl (C=O) groups excluding carboxylic acids is 1. The van der Waals surface area contributed by atoms with Gasteiger partial charge < -0.3 is 5.32 Å². The van der Waals surface area contributed by atoms with E-state index in [0.29, 0.717) is 11.0 Å². The van der Waals surface area contributed by atoms with Crippen LogP contribution in [0.2, 0.25) is 0 Å². The number of para-hydroxylation sites is 1. The number of hydrazine groups is 1. The monoisotopic (exact) mass is 394 g/mol. The van der Waals surface area contributed by atoms with E-state index < -0.39 is 17.6 Å². The molecule has 1 heterocycles. The van der Waals surface area contributed by atoms with Crippen molar-refractivity contribution in [2.45, 2.75) is 12.7 Å². The van der Waals surface area contributed by atoms with Gasteiger partial charge >= 0.3 is 6.18 Å². The van der Waals surface area contributed by atoms with Crippen molar-refractivity contribution in [1.82, 2.24) is 25.8 Å². The molecule has 0 fully saturated rings. The summed E-state index contributed by atoms with van der Waals surface area (Å²) >= 11 is 4.96. The molecule has 0 spiro atoms. The number of rotatable bonds is 3. The lowest BCUT2D eigenvalue weighted by Gasteiger charge is -2.13. The van der Waals surface area contributed by atoms with E-state index in [1.807, 2.05) is 0 Å². The van der Waals surface area contributed by atoms with Crippen LogP contribution in [0.1, 0.15) is 5.56 Å². The zero-order valence-corrected chi connectivity index (χ0v) is 14.4. The molecule has 0 bridgehead atoms. The van der Waals surface area contributed by atoms with Gasteiger partial charge in [0.25, 0.3) is 5.91 Å². The van der Waals surface area contributed by atoms with Crippen LogP contribution in [0.4, 0.5) is 18.9 Å². The van der Waals surface area contributed by atoms with E-state index in [0.717, 1.165) is 12.1 Å². The second kappa shape index (κ2) is 7.58. The molecule has 1 amide bonds. The summed E-state index contributed by atoms with van der Waals surface area (Å²) < 4.78 is 39.5. The van der Waals surface area contributed by atoms with E-state index in [2.05, 4.69) is 26.5 Å². The number of benzene rings is 2. The summed E-state index contributed by atoms with van der Waals surface area (Å²) in [4.78, 5) is 12.0. The number of aromatic nitrogens is 3. The number of fused-ring (bicyclic) bond motifs is 1. The van der Waals surface area contributed by atoms with E-state index in [4.69, 9.17) is 12.2 Å². The first-order valence-electron chi connectivity index (χ1n) is 7.64. The number of anilines is 1. The van der Waals surface area contributed by atoms with Gasteiger partial charge in [0.1, 0.15) is 12.1 Å². The Morgan fingerprint density at radius 3 is 2.67 bits per heavy atom. The molecule has 3 aromatic rings. The molecule has 0 saturated carbocycles. The van der Waals surface area contributed by atoms with Gasteiger partial charge in [-0.15, -0.1) is 5.10 Å². The quantitative estimate of drug-likeness (QED) is 0.468. The predicted octanol–water partition coefficient (Wildman–Crippen LogP) is 2.47. The molecule has 2 aromatic carbocycles. The third-order valence-corrected chi connectivity index (χ3v) is 3.68. The Morgan fingerprint density at radius 2 is 1.89 bits per heavy atom. The number of amides is 1. The average Bonchev–Trinajstić information content (AvgIpc) is 3.03. The fourth-order valence-corrected chi connectivity index (χ4v) is 2.44. The number of alkyl halides is 3. The lowest BCUT2D eigenvalue weighted by molar-refractivity contribution is -0.137. The van der Waals surface area contributed by atoms with Gasteiger partial charge in [0.05, 0.1) is 11.1 Å². The molecule has 27 heavy (non-hydrogen) atoms. The highest BCUT2D eigenvalue weighted by molar-refractivity contribution is 7.80. The van der Waals surface area contributed by atoms with Crippen molar-refractivity contribution in [2.75, 3.05) is 5.32 Å². The van der Waals surface area contributed by atoms with Gasteiger partial charge in [-0.2, -0.15) is 13.2 Å². The van der Waals surface area contributed by atoms with Crippen molar-refractivity contribution in [3.8, 4) is 0 Å². The van der Waals surface area contributed by atoms with Crippen LogP contribution in [0.15, 0.2) is 48.5 Å². The van der Waals surface area contributed by atoms with Crippen LogP contribution in [0.25, 0.3) is 11.0 Å². The van der Waals surface area contributed by atoms with Gasteiger partial charge in [0.2, 0.25) is 0 Å². The van der Waals surface area contributed by atoms with Gasteiger partial charge in [-0.05, 0) is 42.5 Å². The normalized spacial score (nSPS) is 11.2. The van der Waals surface area contributed by atoms with E-state index in [1.165, 1.54) is 16.8 Å². The number of hydrogen-bond acceptors (Lipinski definition) is 4. The SMILES string of the molecule is O=C(Cn1nnc2ccccc21)NNC(=S)Nc1cccc(C(F)(F)F)c1. The molecule has 3 N–H and O–H groups in total. The molecular weight excluding hydrogens is 381 g/mol. The van der Waals surface area contributed by atoms with Gasteiger partial charge in [-0.3, -0.25) is 15.6 Å². The Hall–Kier alpha value is -3.21. The third kappa shape index (κ3) is 4.70. The van der Waals surface area contributed by atoms with Crippen molar-refractivity contribution < 1.29 is 18.0 Å². The number of carbonyl (C=O) groups is 1. The van der Waals surface area contributed by atoms with E-state index in [-0.39, 0.29) is 17.3 Å². The Bertz CT molecular complexity index is 987. The zero-order chi connectivity index (χ0) is 19.4. The van der Waals surface area contributed by atoms with E-state index in [9.17, 15) is 18.0 Å². The summed E-state index contributed by atoms with van der Waals surface area (Å²) in [6.45, 7) is -0.111. The molecule has 0 aliphatic carbocycles. The zero-order valence-electron chi connectivity index (χ0n) is 13.6. The van der Waals surface area contributed by atoms with Crippen LogP contribution in [0, 0.1) is 0 Å². The minimum atomic E-state index is -4.46. The van der Waals surface area contributed by atoms with Crippen molar-refractivity contribution in [1.29, 1.82) is 0 Å². The number of nitrogens with zero attached hydrogens (tertiary/aromatic N) is 3. The van der Waals surface area contributed by atoms with Gasteiger partial charge in [-0.25, -0.2) is 4.68 Å². The summed E-state index contributed by atoms with van der Waals surface area (Å²) in [7, 11) is 0. The predicted molar refractivity (Wildman–Crippen MR) is 96.5 cm³/mol. The fraction of sp³-hybridized carbons (Fsp3) is 0.125. The summed E-state index contributed by atoms with van der Waals surface area (Å²) in [6, 6.07) is 11.7. The minimum Gasteiger partial charge on any atom is -0.331 e. The Labute approximate surface area is 156 Å². The molecule has 0 saturated heterocycles. The van der Waals surface area contributed by atoms with E-state index >= 15 is 0 Å². The summed E-state index contributed by atoms with van der Waals surface area (Å²) in [5.74, 6) is -0.459. The topological polar surface area (TPSA) is 83.9 Å². The largest absolute Gasteiger partial charge is 0.416 e. The number of hydrogen-bond donors (Lipinski definition) is 3. The molecule has 0 radical (unpaired) electrons. The second-order valence-corrected chi connectivity index (χ2v) is 5.85. The lowest BCUT2D eigenvalue weighted by atomic mass is 10.2. The van der Waals surface area contributed by atoms with Crippen LogP contribution in [-0.4, -0.2) is 26.0 Å². The average molecular weight is 394 g/mol. The molecule has 140 valence electrons. The number of thiocarbonyl (C=S) groups is 1. The lowest BCUT2D eigenvalue weighted by Crippen LogP contribution is -2.45. The van der Waals surface area contributed by atoms with Crippen LogP contribution in [0.5, 0.6) is 0 Å². The highest BCUT2D eigenvalue weighted by Crippen LogP contribution is 2.30. The van der Waals surface area contributed by atoms with Crippen molar-refractivity contribution in [2.24, 2.45) is 0 Å². The van der Waals surface area contributed by atoms with Gasteiger partial charge in [0.15, 0.2) is 5.11 Å². The Kier molecular flexibility index (Phi) is 5.21. The molecule has 0 aliphatic heterocycles. The minimum absolute atomic E-state index is 0.0638. The molecule has 3 rings (SSSR count). The molecular formula is C16H13F3N6OS. The smallest absolute Gasteiger partial charge is 0.331 e. The highest BCUT2D eigenvalue weighted by atomic mass is 32.1. The highest BCUT2D eigenvalue weighted by Gasteiger charge is 2.30. The van der Waals surface area contributed by atoms with Gasteiger partial charge in [-0.1, -0.05) is 23.4 Å².